The average Bonchev–Trinajstić information content (AvgIpc) is 2.86. The predicted molar refractivity (Wildman–Crippen MR) is 94.4 cm³/mol. The molecule has 1 aromatic carbocycles. The number of hydrogen-bond donors (Lipinski definition) is 2. The molecule has 2 N–H and O–H groups in total. The lowest BCUT2D eigenvalue weighted by atomic mass is 10.0. The molecule has 3 amide bonds. The fourth-order valence-electron chi connectivity index (χ4n) is 2.37. The third-order valence-corrected chi connectivity index (χ3v) is 4.62. The van der Waals surface area contributed by atoms with E-state index in [1.54, 1.807) is 23.8 Å². The lowest BCUT2D eigenvalue weighted by Gasteiger charge is -2.19. The van der Waals surface area contributed by atoms with Gasteiger partial charge in [-0.25, -0.2) is 19.2 Å². The van der Waals surface area contributed by atoms with Crippen LogP contribution in [-0.2, 0) is 16.6 Å². The molecule has 0 aromatic heterocycles. The second-order valence-electron chi connectivity index (χ2n) is 6.51. The van der Waals surface area contributed by atoms with Crippen molar-refractivity contribution in [3.8, 4) is 11.5 Å². The van der Waals surface area contributed by atoms with E-state index in [2.05, 4.69) is 4.72 Å². The molecule has 1 heterocycles. The highest BCUT2D eigenvalue weighted by molar-refractivity contribution is 7.88. The van der Waals surface area contributed by atoms with E-state index in [0.717, 1.165) is 12.6 Å². The zero-order valence-electron chi connectivity index (χ0n) is 15.2. The summed E-state index contributed by atoms with van der Waals surface area (Å²) in [6, 6.07) is 3.99. The molecule has 0 radical (unpaired) electrons. The molecule has 1 aromatic rings. The minimum absolute atomic E-state index is 0.167. The Kier molecular flexibility index (Phi) is 5.77. The first-order chi connectivity index (χ1) is 12.0. The van der Waals surface area contributed by atoms with Gasteiger partial charge in [-0.05, 0) is 26.3 Å². The molecule has 0 unspecified atom stereocenters. The molecule has 0 spiro atoms. The van der Waals surface area contributed by atoms with Crippen LogP contribution in [0.25, 0.3) is 0 Å². The van der Waals surface area contributed by atoms with Gasteiger partial charge in [0.25, 0.3) is 0 Å². The summed E-state index contributed by atoms with van der Waals surface area (Å²) in [7, 11) is -2.93. The third-order valence-electron chi connectivity index (χ3n) is 3.59. The van der Waals surface area contributed by atoms with E-state index in [-0.39, 0.29) is 12.3 Å². The van der Waals surface area contributed by atoms with Crippen molar-refractivity contribution in [3.63, 3.8) is 0 Å². The van der Waals surface area contributed by atoms with Crippen molar-refractivity contribution in [2.24, 2.45) is 0 Å². The summed E-state index contributed by atoms with van der Waals surface area (Å²) < 4.78 is 38.2. The maximum atomic E-state index is 12.2. The van der Waals surface area contributed by atoms with E-state index in [1.165, 1.54) is 0 Å². The fraction of sp³-hybridized carbons (Fsp3) is 0.500. The van der Waals surface area contributed by atoms with E-state index < -0.39 is 27.9 Å². The number of para-hydroxylation sites is 1. The van der Waals surface area contributed by atoms with E-state index in [9.17, 15) is 18.0 Å². The van der Waals surface area contributed by atoms with Gasteiger partial charge >= 0.3 is 22.3 Å². The first-order valence-electron chi connectivity index (χ1n) is 8.12. The molecule has 0 bridgehead atoms. The number of nitrogens with zero attached hydrogens (tertiary/aromatic N) is 1. The van der Waals surface area contributed by atoms with E-state index in [1.807, 2.05) is 19.9 Å². The molecule has 1 aliphatic rings. The molecule has 0 saturated carbocycles. The van der Waals surface area contributed by atoms with Crippen molar-refractivity contribution in [2.45, 2.75) is 39.2 Å². The third kappa shape index (κ3) is 4.85. The number of rotatable bonds is 5. The second-order valence-corrected chi connectivity index (χ2v) is 8.01. The molecule has 2 rings (SSSR count). The minimum Gasteiger partial charge on any atom is -0.483 e. The predicted octanol–water partition coefficient (Wildman–Crippen LogP) is 1.78. The van der Waals surface area contributed by atoms with Crippen LogP contribution in [0, 0.1) is 0 Å². The van der Waals surface area contributed by atoms with E-state index in [0.29, 0.717) is 23.5 Å². The number of imide groups is 1. The highest BCUT2D eigenvalue weighted by atomic mass is 32.2. The van der Waals surface area contributed by atoms with Gasteiger partial charge in [0.2, 0.25) is 0 Å². The first kappa shape index (κ1) is 20.0. The van der Waals surface area contributed by atoms with Gasteiger partial charge in [0.1, 0.15) is 5.60 Å². The van der Waals surface area contributed by atoms with Crippen LogP contribution in [0.3, 0.4) is 0 Å². The van der Waals surface area contributed by atoms with Gasteiger partial charge < -0.3 is 9.47 Å². The Morgan fingerprint density at radius 2 is 2.04 bits per heavy atom. The number of carbonyl (C=O) groups is 2. The Morgan fingerprint density at radius 1 is 1.35 bits per heavy atom. The summed E-state index contributed by atoms with van der Waals surface area (Å²) in [6.45, 7) is 5.76. The SMILES string of the molecule is CCCNS(=O)(=O)NC(=O)N(C)C(=O)Oc1cccc2c1OC(C)(C)C2. The summed E-state index contributed by atoms with van der Waals surface area (Å²) >= 11 is 0. The van der Waals surface area contributed by atoms with Crippen molar-refractivity contribution < 1.29 is 27.5 Å². The molecule has 0 aliphatic carbocycles. The molecule has 10 heteroatoms. The molecule has 0 saturated heterocycles. The van der Waals surface area contributed by atoms with Crippen LogP contribution in [0.1, 0.15) is 32.8 Å². The summed E-state index contributed by atoms with van der Waals surface area (Å²) in [5.41, 5.74) is 0.464. The van der Waals surface area contributed by atoms with Gasteiger partial charge in [-0.1, -0.05) is 19.1 Å². The number of amides is 3. The van der Waals surface area contributed by atoms with Gasteiger partial charge in [-0.15, -0.1) is 0 Å². The zero-order chi connectivity index (χ0) is 19.5. The van der Waals surface area contributed by atoms with Gasteiger partial charge in [-0.2, -0.15) is 13.1 Å². The van der Waals surface area contributed by atoms with Gasteiger partial charge in [0.05, 0.1) is 0 Å². The number of carbonyl (C=O) groups excluding carboxylic acids is 2. The number of benzene rings is 1. The average molecular weight is 385 g/mol. The lowest BCUT2D eigenvalue weighted by molar-refractivity contribution is 0.129. The maximum Gasteiger partial charge on any atom is 0.423 e. The molecule has 0 atom stereocenters. The van der Waals surface area contributed by atoms with Crippen molar-refractivity contribution in [3.05, 3.63) is 23.8 Å². The highest BCUT2D eigenvalue weighted by Crippen LogP contribution is 2.41. The Labute approximate surface area is 152 Å². The van der Waals surface area contributed by atoms with Crippen LogP contribution in [0.15, 0.2) is 18.2 Å². The number of nitrogens with one attached hydrogen (secondary N) is 2. The number of hydrogen-bond acceptors (Lipinski definition) is 6. The number of urea groups is 1. The summed E-state index contributed by atoms with van der Waals surface area (Å²) in [6.07, 6.45) is 0.184. The smallest absolute Gasteiger partial charge is 0.423 e. The minimum atomic E-state index is -4.04. The van der Waals surface area contributed by atoms with Crippen LogP contribution in [0.4, 0.5) is 9.59 Å². The fourth-order valence-corrected chi connectivity index (χ4v) is 3.28. The van der Waals surface area contributed by atoms with Crippen molar-refractivity contribution in [1.82, 2.24) is 14.3 Å². The van der Waals surface area contributed by atoms with Crippen molar-refractivity contribution in [1.29, 1.82) is 0 Å². The van der Waals surface area contributed by atoms with E-state index in [4.69, 9.17) is 9.47 Å². The van der Waals surface area contributed by atoms with Gasteiger partial charge in [0.15, 0.2) is 11.5 Å². The highest BCUT2D eigenvalue weighted by Gasteiger charge is 2.33. The first-order valence-corrected chi connectivity index (χ1v) is 9.61. The molecular formula is C16H23N3O6S. The van der Waals surface area contributed by atoms with Gasteiger partial charge in [-0.3, -0.25) is 0 Å². The largest absolute Gasteiger partial charge is 0.483 e. The molecule has 144 valence electrons. The summed E-state index contributed by atoms with van der Waals surface area (Å²) in [4.78, 5) is 24.7. The molecule has 0 fully saturated rings. The molecular weight excluding hydrogens is 362 g/mol. The van der Waals surface area contributed by atoms with Crippen LogP contribution in [0.5, 0.6) is 11.5 Å². The van der Waals surface area contributed by atoms with Crippen LogP contribution in [0.2, 0.25) is 0 Å². The standard InChI is InChI=1S/C16H23N3O6S/c1-5-9-17-26(22,23)18-14(20)19(4)15(21)24-12-8-6-7-11-10-16(2,3)25-13(11)12/h6-8,17H,5,9-10H2,1-4H3,(H,18,20). The Hall–Kier alpha value is -2.33. The van der Waals surface area contributed by atoms with Crippen LogP contribution < -0.4 is 18.9 Å². The van der Waals surface area contributed by atoms with Crippen LogP contribution >= 0.6 is 0 Å². The Balaban J connectivity index is 2.05. The molecule has 1 aliphatic heterocycles. The second kappa shape index (κ2) is 7.50. The topological polar surface area (TPSA) is 114 Å². The lowest BCUT2D eigenvalue weighted by Crippen LogP contribution is -2.48. The Bertz CT molecular complexity index is 806. The summed E-state index contributed by atoms with van der Waals surface area (Å²) in [5, 5.41) is 0. The van der Waals surface area contributed by atoms with Crippen molar-refractivity contribution in [2.75, 3.05) is 13.6 Å². The zero-order valence-corrected chi connectivity index (χ0v) is 16.0. The normalized spacial score (nSPS) is 14.9. The van der Waals surface area contributed by atoms with Crippen LogP contribution in [-0.4, -0.2) is 44.6 Å². The Morgan fingerprint density at radius 3 is 2.69 bits per heavy atom. The molecule has 26 heavy (non-hydrogen) atoms. The monoisotopic (exact) mass is 385 g/mol. The molecule has 9 nitrogen and oxygen atoms in total. The van der Waals surface area contributed by atoms with Crippen molar-refractivity contribution >= 4 is 22.3 Å². The van der Waals surface area contributed by atoms with Gasteiger partial charge in [0, 0.05) is 25.6 Å². The maximum absolute atomic E-state index is 12.2. The van der Waals surface area contributed by atoms with E-state index >= 15 is 0 Å². The summed E-state index contributed by atoms with van der Waals surface area (Å²) in [5.74, 6) is 0.613. The number of ether oxygens (including phenoxy) is 2. The number of fused-ring (bicyclic) bond motifs is 1. The quantitative estimate of drug-likeness (QED) is 0.799.